The van der Waals surface area contributed by atoms with Crippen LogP contribution in [0.3, 0.4) is 0 Å². The Hall–Kier alpha value is -1.91. The number of nitrogens with zero attached hydrogens (tertiary/aromatic N) is 4. The van der Waals surface area contributed by atoms with E-state index < -0.39 is 0 Å². The molecule has 14 heavy (non-hydrogen) atoms. The quantitative estimate of drug-likeness (QED) is 0.719. The predicted octanol–water partition coefficient (Wildman–Crippen LogP) is 0.768. The molecule has 0 saturated carbocycles. The van der Waals surface area contributed by atoms with Crippen LogP contribution in [-0.2, 0) is 7.05 Å². The van der Waals surface area contributed by atoms with Crippen LogP contribution in [0, 0.1) is 6.92 Å². The van der Waals surface area contributed by atoms with Gasteiger partial charge in [0.25, 0.3) is 0 Å². The average molecular weight is 189 g/mol. The van der Waals surface area contributed by atoms with E-state index in [2.05, 4.69) is 15.3 Å². The minimum atomic E-state index is 0.679. The summed E-state index contributed by atoms with van der Waals surface area (Å²) in [6.45, 7) is 1.95. The summed E-state index contributed by atoms with van der Waals surface area (Å²) in [4.78, 5) is 4.22. The molecule has 0 bridgehead atoms. The van der Waals surface area contributed by atoms with Gasteiger partial charge in [-0.25, -0.2) is 4.68 Å². The van der Waals surface area contributed by atoms with Crippen molar-refractivity contribution in [3.63, 3.8) is 0 Å². The highest BCUT2D eigenvalue weighted by molar-refractivity contribution is 5.71. The first kappa shape index (κ1) is 8.68. The predicted molar refractivity (Wildman–Crippen MR) is 53.4 cm³/mol. The third kappa shape index (κ3) is 1.22. The van der Waals surface area contributed by atoms with E-state index in [0.29, 0.717) is 5.69 Å². The van der Waals surface area contributed by atoms with Crippen LogP contribution in [-0.4, -0.2) is 20.0 Å². The van der Waals surface area contributed by atoms with Crippen LogP contribution >= 0.6 is 0 Å². The molecule has 5 heteroatoms. The first-order valence-corrected chi connectivity index (χ1v) is 4.26. The van der Waals surface area contributed by atoms with Crippen LogP contribution in [0.5, 0.6) is 0 Å². The highest BCUT2D eigenvalue weighted by Crippen LogP contribution is 2.23. The molecule has 2 N–H and O–H groups in total. The van der Waals surface area contributed by atoms with Gasteiger partial charge < -0.3 is 5.73 Å². The highest BCUT2D eigenvalue weighted by Gasteiger charge is 2.09. The topological polar surface area (TPSA) is 69.6 Å². The van der Waals surface area contributed by atoms with Gasteiger partial charge in [0.05, 0.1) is 11.9 Å². The van der Waals surface area contributed by atoms with E-state index >= 15 is 0 Å². The molecule has 0 fully saturated rings. The first-order chi connectivity index (χ1) is 6.70. The number of aryl methyl sites for hydroxylation is 2. The van der Waals surface area contributed by atoms with Crippen molar-refractivity contribution >= 4 is 5.69 Å². The van der Waals surface area contributed by atoms with Crippen LogP contribution in [0.15, 0.2) is 18.5 Å². The summed E-state index contributed by atoms with van der Waals surface area (Å²) in [7, 11) is 1.81. The molecule has 0 aliphatic carbocycles. The molecule has 0 saturated heterocycles. The monoisotopic (exact) mass is 189 g/mol. The van der Waals surface area contributed by atoms with Gasteiger partial charge in [-0.2, -0.15) is 0 Å². The Morgan fingerprint density at radius 3 is 2.86 bits per heavy atom. The first-order valence-electron chi connectivity index (χ1n) is 4.26. The minimum Gasteiger partial charge on any atom is -0.397 e. The van der Waals surface area contributed by atoms with E-state index in [4.69, 9.17) is 5.73 Å². The van der Waals surface area contributed by atoms with Crippen molar-refractivity contribution in [1.29, 1.82) is 0 Å². The Bertz CT molecular complexity index is 460. The number of aromatic nitrogens is 4. The van der Waals surface area contributed by atoms with Crippen molar-refractivity contribution < 1.29 is 0 Å². The van der Waals surface area contributed by atoms with Gasteiger partial charge in [-0.15, -0.1) is 5.10 Å². The molecule has 2 rings (SSSR count). The third-order valence-electron chi connectivity index (χ3n) is 2.17. The highest BCUT2D eigenvalue weighted by atomic mass is 15.4. The summed E-state index contributed by atoms with van der Waals surface area (Å²) in [6.07, 6.45) is 3.38. The molecule has 0 atom stereocenters. The van der Waals surface area contributed by atoms with Crippen molar-refractivity contribution in [2.24, 2.45) is 7.05 Å². The number of rotatable bonds is 1. The van der Waals surface area contributed by atoms with Crippen molar-refractivity contribution in [1.82, 2.24) is 20.0 Å². The van der Waals surface area contributed by atoms with Gasteiger partial charge in [0.15, 0.2) is 0 Å². The molecule has 2 aromatic heterocycles. The Balaban J connectivity index is 2.63. The number of nitrogens with two attached hydrogens (primary N) is 1. The zero-order valence-electron chi connectivity index (χ0n) is 8.10. The van der Waals surface area contributed by atoms with Crippen molar-refractivity contribution in [3.05, 3.63) is 24.0 Å². The molecule has 0 aromatic carbocycles. The second-order valence-corrected chi connectivity index (χ2v) is 3.13. The van der Waals surface area contributed by atoms with Gasteiger partial charge in [0, 0.05) is 13.2 Å². The van der Waals surface area contributed by atoms with Gasteiger partial charge >= 0.3 is 0 Å². The number of nitrogen functional groups attached to an aromatic ring is 1. The van der Waals surface area contributed by atoms with Gasteiger partial charge in [-0.1, -0.05) is 5.21 Å². The molecule has 2 heterocycles. The number of hydrogen-bond acceptors (Lipinski definition) is 4. The van der Waals surface area contributed by atoms with Gasteiger partial charge in [0.1, 0.15) is 11.4 Å². The van der Waals surface area contributed by atoms with Gasteiger partial charge in [-0.05, 0) is 18.6 Å². The largest absolute Gasteiger partial charge is 0.397 e. The van der Waals surface area contributed by atoms with Crippen LogP contribution < -0.4 is 5.73 Å². The van der Waals surface area contributed by atoms with Crippen molar-refractivity contribution in [2.75, 3.05) is 5.73 Å². The normalized spacial score (nSPS) is 10.4. The Morgan fingerprint density at radius 2 is 2.21 bits per heavy atom. The average Bonchev–Trinajstić information content (AvgIpc) is 2.57. The molecule has 0 aliphatic rings. The number of hydrogen-bond donors (Lipinski definition) is 1. The molecular formula is C9H11N5. The second-order valence-electron chi connectivity index (χ2n) is 3.13. The molecule has 5 nitrogen and oxygen atoms in total. The maximum atomic E-state index is 5.91. The van der Waals surface area contributed by atoms with E-state index in [1.54, 1.807) is 17.1 Å². The smallest absolute Gasteiger partial charge is 0.113 e. The minimum absolute atomic E-state index is 0.679. The summed E-state index contributed by atoms with van der Waals surface area (Å²) in [5, 5.41) is 7.62. The van der Waals surface area contributed by atoms with Gasteiger partial charge in [0.2, 0.25) is 0 Å². The fourth-order valence-electron chi connectivity index (χ4n) is 1.28. The van der Waals surface area contributed by atoms with Gasteiger partial charge in [-0.3, -0.25) is 4.98 Å². The number of anilines is 1. The van der Waals surface area contributed by atoms with Crippen LogP contribution in [0.2, 0.25) is 0 Å². The lowest BCUT2D eigenvalue weighted by Crippen LogP contribution is -2.00. The zero-order chi connectivity index (χ0) is 10.1. The fourth-order valence-corrected chi connectivity index (χ4v) is 1.28. The standard InChI is InChI=1S/C9H11N5/c1-6-3-4-11-9(8(6)10)7-5-12-13-14(7)2/h3-5H,10H2,1-2H3. The van der Waals surface area contributed by atoms with Crippen molar-refractivity contribution in [3.8, 4) is 11.4 Å². The summed E-state index contributed by atoms with van der Waals surface area (Å²) in [6, 6.07) is 1.88. The summed E-state index contributed by atoms with van der Waals surface area (Å²) in [5.74, 6) is 0. The van der Waals surface area contributed by atoms with Crippen LogP contribution in [0.1, 0.15) is 5.56 Å². The maximum absolute atomic E-state index is 5.91. The van der Waals surface area contributed by atoms with E-state index in [1.807, 2.05) is 20.0 Å². The lowest BCUT2D eigenvalue weighted by Gasteiger charge is -2.05. The maximum Gasteiger partial charge on any atom is 0.113 e. The molecule has 0 amide bonds. The summed E-state index contributed by atoms with van der Waals surface area (Å²) >= 11 is 0. The van der Waals surface area contributed by atoms with E-state index in [0.717, 1.165) is 17.0 Å². The molecule has 0 unspecified atom stereocenters. The van der Waals surface area contributed by atoms with E-state index in [1.165, 1.54) is 0 Å². The molecule has 2 aromatic rings. The van der Waals surface area contributed by atoms with Crippen LogP contribution in [0.4, 0.5) is 5.69 Å². The molecule has 72 valence electrons. The SMILES string of the molecule is Cc1ccnc(-c2cnnn2C)c1N. The Labute approximate surface area is 81.6 Å². The summed E-state index contributed by atoms with van der Waals surface area (Å²) in [5.41, 5.74) is 9.16. The van der Waals surface area contributed by atoms with Crippen LogP contribution in [0.25, 0.3) is 11.4 Å². The second kappa shape index (κ2) is 3.10. The lowest BCUT2D eigenvalue weighted by molar-refractivity contribution is 0.719. The molecule has 0 spiro atoms. The molecular weight excluding hydrogens is 178 g/mol. The zero-order valence-corrected chi connectivity index (χ0v) is 8.10. The Kier molecular flexibility index (Phi) is 1.92. The van der Waals surface area contributed by atoms with Crippen molar-refractivity contribution in [2.45, 2.75) is 6.92 Å². The molecule has 0 radical (unpaired) electrons. The van der Waals surface area contributed by atoms with E-state index in [9.17, 15) is 0 Å². The lowest BCUT2D eigenvalue weighted by atomic mass is 10.1. The fraction of sp³-hybridized carbons (Fsp3) is 0.222. The Morgan fingerprint density at radius 1 is 1.43 bits per heavy atom. The van der Waals surface area contributed by atoms with E-state index in [-0.39, 0.29) is 0 Å². The summed E-state index contributed by atoms with van der Waals surface area (Å²) < 4.78 is 1.65. The molecule has 0 aliphatic heterocycles. The number of pyridine rings is 1. The third-order valence-corrected chi connectivity index (χ3v) is 2.17.